The smallest absolute Gasteiger partial charge is 0.237 e. The number of nitrogens with two attached hydrogens (primary N) is 1. The summed E-state index contributed by atoms with van der Waals surface area (Å²) in [5.74, 6) is 0.204. The van der Waals surface area contributed by atoms with Crippen LogP contribution in [-0.2, 0) is 9.59 Å². The quantitative estimate of drug-likeness (QED) is 0.875. The third-order valence-corrected chi connectivity index (χ3v) is 4.78. The summed E-state index contributed by atoms with van der Waals surface area (Å²) in [6.07, 6.45) is 0.714. The van der Waals surface area contributed by atoms with E-state index in [1.54, 1.807) is 0 Å². The largest absolute Gasteiger partial charge is 0.459 e. The van der Waals surface area contributed by atoms with Crippen molar-refractivity contribution in [3.63, 3.8) is 0 Å². The van der Waals surface area contributed by atoms with Gasteiger partial charge in [-0.1, -0.05) is 18.2 Å². The van der Waals surface area contributed by atoms with Crippen molar-refractivity contribution in [1.29, 1.82) is 0 Å². The number of amides is 2. The lowest BCUT2D eigenvalue weighted by molar-refractivity contribution is -0.127. The van der Waals surface area contributed by atoms with E-state index >= 15 is 0 Å². The molecular formula is C18H23N3O3. The number of furan rings is 1. The number of fused-ring (bicyclic) bond motifs is 1. The summed E-state index contributed by atoms with van der Waals surface area (Å²) in [7, 11) is 0. The van der Waals surface area contributed by atoms with Gasteiger partial charge in [0.05, 0.1) is 18.0 Å². The first-order valence-corrected chi connectivity index (χ1v) is 8.28. The van der Waals surface area contributed by atoms with Gasteiger partial charge in [-0.25, -0.2) is 0 Å². The Balaban J connectivity index is 1.62. The Bertz CT molecular complexity index is 722. The number of rotatable bonds is 5. The average molecular weight is 329 g/mol. The van der Waals surface area contributed by atoms with Crippen molar-refractivity contribution in [3.8, 4) is 0 Å². The standard InChI is InChI=1S/C18H23N3O3/c1-11(16-9-13-5-3-4-6-15(13)24-16)20-18(23)12(2)21-8-7-14(10-21)17(19)22/h3-6,9,11-12,14H,7-8,10H2,1-2H3,(H2,19,22)(H,20,23)/t11-,12-,14-/m0/s1. The first-order chi connectivity index (χ1) is 11.5. The third-order valence-electron chi connectivity index (χ3n) is 4.78. The van der Waals surface area contributed by atoms with Gasteiger partial charge >= 0.3 is 0 Å². The predicted octanol–water partition coefficient (Wildman–Crippen LogP) is 1.81. The number of nitrogens with one attached hydrogen (secondary N) is 1. The Morgan fingerprint density at radius 1 is 1.33 bits per heavy atom. The SMILES string of the molecule is C[C@H](NC(=O)[C@H](C)N1CC[C@H](C(N)=O)C1)c1cc2ccccc2o1. The third kappa shape index (κ3) is 3.28. The monoisotopic (exact) mass is 329 g/mol. The molecular weight excluding hydrogens is 306 g/mol. The van der Waals surface area contributed by atoms with Gasteiger partial charge < -0.3 is 15.5 Å². The molecule has 0 spiro atoms. The molecule has 24 heavy (non-hydrogen) atoms. The number of hydrogen-bond donors (Lipinski definition) is 2. The van der Waals surface area contributed by atoms with Crippen LogP contribution in [0.15, 0.2) is 34.7 Å². The number of primary amides is 1. The summed E-state index contributed by atoms with van der Waals surface area (Å²) in [5, 5.41) is 4.01. The lowest BCUT2D eigenvalue weighted by atomic mass is 10.1. The van der Waals surface area contributed by atoms with E-state index in [2.05, 4.69) is 5.32 Å². The fourth-order valence-corrected chi connectivity index (χ4v) is 3.16. The summed E-state index contributed by atoms with van der Waals surface area (Å²) >= 11 is 0. The lowest BCUT2D eigenvalue weighted by Gasteiger charge is -2.24. The van der Waals surface area contributed by atoms with E-state index in [-0.39, 0.29) is 29.8 Å². The van der Waals surface area contributed by atoms with Gasteiger partial charge in [-0.2, -0.15) is 0 Å². The Kier molecular flexibility index (Phi) is 4.57. The number of likely N-dealkylation sites (tertiary alicyclic amines) is 1. The van der Waals surface area contributed by atoms with Crippen molar-refractivity contribution in [2.75, 3.05) is 13.1 Å². The van der Waals surface area contributed by atoms with Crippen LogP contribution in [0.1, 0.15) is 32.1 Å². The van der Waals surface area contributed by atoms with Crippen LogP contribution in [0.4, 0.5) is 0 Å². The molecule has 1 aromatic heterocycles. The van der Waals surface area contributed by atoms with Gasteiger partial charge in [0.15, 0.2) is 0 Å². The van der Waals surface area contributed by atoms with E-state index in [4.69, 9.17) is 10.2 Å². The molecule has 1 saturated heterocycles. The summed E-state index contributed by atoms with van der Waals surface area (Å²) in [6, 6.07) is 9.18. The Morgan fingerprint density at radius 3 is 2.75 bits per heavy atom. The minimum absolute atomic E-state index is 0.0759. The zero-order valence-corrected chi connectivity index (χ0v) is 14.0. The maximum absolute atomic E-state index is 12.5. The van der Waals surface area contributed by atoms with Crippen LogP contribution < -0.4 is 11.1 Å². The van der Waals surface area contributed by atoms with E-state index in [0.717, 1.165) is 16.7 Å². The molecule has 2 heterocycles. The van der Waals surface area contributed by atoms with Crippen molar-refractivity contribution in [2.24, 2.45) is 11.7 Å². The van der Waals surface area contributed by atoms with Crippen molar-refractivity contribution in [1.82, 2.24) is 10.2 Å². The van der Waals surface area contributed by atoms with Crippen LogP contribution in [-0.4, -0.2) is 35.8 Å². The zero-order chi connectivity index (χ0) is 17.3. The lowest BCUT2D eigenvalue weighted by Crippen LogP contribution is -2.45. The molecule has 1 aromatic carbocycles. The minimum Gasteiger partial charge on any atom is -0.459 e. The van der Waals surface area contributed by atoms with Crippen LogP contribution in [0.5, 0.6) is 0 Å². The second-order valence-corrected chi connectivity index (χ2v) is 6.48. The number of nitrogens with zero attached hydrogens (tertiary/aromatic N) is 1. The van der Waals surface area contributed by atoms with Gasteiger partial charge in [0.2, 0.25) is 11.8 Å². The van der Waals surface area contributed by atoms with Crippen LogP contribution in [0, 0.1) is 5.92 Å². The number of carbonyl (C=O) groups excluding carboxylic acids is 2. The average Bonchev–Trinajstić information content (AvgIpc) is 3.20. The highest BCUT2D eigenvalue weighted by molar-refractivity contribution is 5.83. The highest BCUT2D eigenvalue weighted by atomic mass is 16.3. The molecule has 3 atom stereocenters. The molecule has 1 fully saturated rings. The predicted molar refractivity (Wildman–Crippen MR) is 91.1 cm³/mol. The molecule has 0 bridgehead atoms. The summed E-state index contributed by atoms with van der Waals surface area (Å²) in [5.41, 5.74) is 6.16. The number of hydrogen-bond acceptors (Lipinski definition) is 4. The molecule has 2 aromatic rings. The fourth-order valence-electron chi connectivity index (χ4n) is 3.16. The molecule has 0 radical (unpaired) electrons. The van der Waals surface area contributed by atoms with Gasteiger partial charge in [0, 0.05) is 11.9 Å². The topological polar surface area (TPSA) is 88.6 Å². The number of carbonyl (C=O) groups is 2. The van der Waals surface area contributed by atoms with E-state index in [9.17, 15) is 9.59 Å². The van der Waals surface area contributed by atoms with Gasteiger partial charge in [-0.15, -0.1) is 0 Å². The maximum atomic E-state index is 12.5. The van der Waals surface area contributed by atoms with E-state index < -0.39 is 0 Å². The molecule has 0 saturated carbocycles. The molecule has 0 unspecified atom stereocenters. The molecule has 3 rings (SSSR count). The van der Waals surface area contributed by atoms with Gasteiger partial charge in [0.1, 0.15) is 11.3 Å². The summed E-state index contributed by atoms with van der Waals surface area (Å²) < 4.78 is 5.79. The summed E-state index contributed by atoms with van der Waals surface area (Å²) in [4.78, 5) is 25.8. The molecule has 6 heteroatoms. The Hall–Kier alpha value is -2.34. The maximum Gasteiger partial charge on any atom is 0.237 e. The number of para-hydroxylation sites is 1. The molecule has 2 amide bonds. The zero-order valence-electron chi connectivity index (χ0n) is 14.0. The van der Waals surface area contributed by atoms with Crippen molar-refractivity contribution in [2.45, 2.75) is 32.4 Å². The summed E-state index contributed by atoms with van der Waals surface area (Å²) in [6.45, 7) is 5.01. The molecule has 1 aliphatic heterocycles. The molecule has 3 N–H and O–H groups in total. The second-order valence-electron chi connectivity index (χ2n) is 6.48. The number of benzene rings is 1. The molecule has 1 aliphatic rings. The molecule has 6 nitrogen and oxygen atoms in total. The van der Waals surface area contributed by atoms with Gasteiger partial charge in [-0.3, -0.25) is 14.5 Å². The van der Waals surface area contributed by atoms with Crippen molar-refractivity contribution < 1.29 is 14.0 Å². The second kappa shape index (κ2) is 6.65. The van der Waals surface area contributed by atoms with E-state index in [1.165, 1.54) is 0 Å². The van der Waals surface area contributed by atoms with Crippen molar-refractivity contribution in [3.05, 3.63) is 36.1 Å². The highest BCUT2D eigenvalue weighted by Crippen LogP contribution is 2.24. The van der Waals surface area contributed by atoms with Gasteiger partial charge in [-0.05, 0) is 38.9 Å². The van der Waals surface area contributed by atoms with Crippen LogP contribution >= 0.6 is 0 Å². The normalized spacial score (nSPS) is 20.8. The van der Waals surface area contributed by atoms with Crippen LogP contribution in [0.25, 0.3) is 11.0 Å². The highest BCUT2D eigenvalue weighted by Gasteiger charge is 2.32. The first kappa shape index (κ1) is 16.5. The van der Waals surface area contributed by atoms with Crippen LogP contribution in [0.2, 0.25) is 0 Å². The van der Waals surface area contributed by atoms with E-state index in [0.29, 0.717) is 19.5 Å². The van der Waals surface area contributed by atoms with Gasteiger partial charge in [0.25, 0.3) is 0 Å². The minimum atomic E-state index is -0.304. The molecule has 0 aliphatic carbocycles. The molecule has 128 valence electrons. The Labute approximate surface area is 141 Å². The van der Waals surface area contributed by atoms with Crippen molar-refractivity contribution >= 4 is 22.8 Å². The Morgan fingerprint density at radius 2 is 2.08 bits per heavy atom. The van der Waals surface area contributed by atoms with E-state index in [1.807, 2.05) is 49.1 Å². The van der Waals surface area contributed by atoms with Crippen LogP contribution in [0.3, 0.4) is 0 Å². The fraction of sp³-hybridized carbons (Fsp3) is 0.444. The first-order valence-electron chi connectivity index (χ1n) is 8.28.